The molecule has 4 heteroatoms. The van der Waals surface area contributed by atoms with Crippen molar-refractivity contribution < 1.29 is 0 Å². The van der Waals surface area contributed by atoms with Crippen LogP contribution in [0.15, 0.2) is 47.2 Å². The summed E-state index contributed by atoms with van der Waals surface area (Å²) in [5, 5.41) is 5.66. The van der Waals surface area contributed by atoms with E-state index in [-0.39, 0.29) is 0 Å². The van der Waals surface area contributed by atoms with Crippen molar-refractivity contribution in [3.8, 4) is 19.5 Å². The first-order chi connectivity index (χ1) is 8.90. The number of fused-ring (bicyclic) bond motifs is 1. The molecule has 0 aliphatic carbocycles. The minimum Gasteiger partial charge on any atom is -0.143 e. The van der Waals surface area contributed by atoms with Crippen LogP contribution in [-0.2, 0) is 0 Å². The van der Waals surface area contributed by atoms with E-state index in [4.69, 9.17) is 0 Å². The first kappa shape index (κ1) is 10.9. The largest absolute Gasteiger partial charge is 0.143 e. The van der Waals surface area contributed by atoms with Crippen LogP contribution in [0.2, 0.25) is 0 Å². The first-order valence-electron chi connectivity index (χ1n) is 5.51. The molecule has 0 amide bonds. The monoisotopic (exact) mass is 304 g/mol. The fourth-order valence-electron chi connectivity index (χ4n) is 1.92. The molecule has 0 aliphatic rings. The Balaban J connectivity index is 1.82. The van der Waals surface area contributed by atoms with Crippen LogP contribution in [-0.4, -0.2) is 0 Å². The van der Waals surface area contributed by atoms with Crippen molar-refractivity contribution in [1.29, 1.82) is 0 Å². The second kappa shape index (κ2) is 4.31. The van der Waals surface area contributed by atoms with Crippen molar-refractivity contribution in [3.05, 3.63) is 47.2 Å². The SMILES string of the molecule is c1csc(-c2cc3cc(-c4cccs4)sc3s2)c1. The lowest BCUT2D eigenvalue weighted by atomic mass is 10.3. The molecule has 0 atom stereocenters. The average molecular weight is 304 g/mol. The minimum atomic E-state index is 1.38. The van der Waals surface area contributed by atoms with Crippen molar-refractivity contribution in [2.45, 2.75) is 0 Å². The summed E-state index contributed by atoms with van der Waals surface area (Å²) in [6, 6.07) is 13.3. The van der Waals surface area contributed by atoms with Gasteiger partial charge in [-0.15, -0.1) is 45.3 Å². The molecule has 0 nitrogen and oxygen atoms in total. The van der Waals surface area contributed by atoms with Crippen molar-refractivity contribution in [1.82, 2.24) is 0 Å². The van der Waals surface area contributed by atoms with Crippen LogP contribution < -0.4 is 0 Å². The molecule has 0 aromatic carbocycles. The molecular weight excluding hydrogens is 296 g/mol. The topological polar surface area (TPSA) is 0 Å². The molecule has 0 spiro atoms. The second-order valence-electron chi connectivity index (χ2n) is 3.92. The van der Waals surface area contributed by atoms with Gasteiger partial charge in [0.1, 0.15) is 0 Å². The van der Waals surface area contributed by atoms with E-state index >= 15 is 0 Å². The van der Waals surface area contributed by atoms with Gasteiger partial charge in [0.2, 0.25) is 0 Å². The van der Waals surface area contributed by atoms with E-state index in [1.165, 1.54) is 28.9 Å². The van der Waals surface area contributed by atoms with Crippen LogP contribution in [0.25, 0.3) is 28.9 Å². The van der Waals surface area contributed by atoms with Crippen LogP contribution >= 0.6 is 45.3 Å². The first-order valence-corrected chi connectivity index (χ1v) is 8.90. The fourth-order valence-corrected chi connectivity index (χ4v) is 6.02. The van der Waals surface area contributed by atoms with Crippen molar-refractivity contribution >= 4 is 54.7 Å². The van der Waals surface area contributed by atoms with E-state index in [1.807, 2.05) is 45.3 Å². The predicted octanol–water partition coefficient (Wildman–Crippen LogP) is 6.42. The standard InChI is InChI=1S/C14H8S4/c1-3-10(15-5-1)12-7-9-8-13(18-14(9)17-12)11-4-2-6-16-11/h1-8H. The van der Waals surface area contributed by atoms with E-state index in [1.54, 1.807) is 0 Å². The predicted molar refractivity (Wildman–Crippen MR) is 86.3 cm³/mol. The maximum absolute atomic E-state index is 2.32. The third-order valence-electron chi connectivity index (χ3n) is 2.74. The number of thiophene rings is 4. The molecule has 4 aromatic rings. The molecule has 4 heterocycles. The molecule has 0 radical (unpaired) electrons. The van der Waals surface area contributed by atoms with Gasteiger partial charge in [-0.1, -0.05) is 12.1 Å². The Morgan fingerprint density at radius 2 is 1.22 bits per heavy atom. The lowest BCUT2D eigenvalue weighted by molar-refractivity contribution is 1.94. The van der Waals surface area contributed by atoms with Crippen molar-refractivity contribution in [3.63, 3.8) is 0 Å². The van der Waals surface area contributed by atoms with Gasteiger partial charge in [-0.05, 0) is 35.0 Å². The average Bonchev–Trinajstić information content (AvgIpc) is 3.13. The van der Waals surface area contributed by atoms with E-state index < -0.39 is 0 Å². The Bertz CT molecular complexity index is 674. The van der Waals surface area contributed by atoms with Crippen LogP contribution in [0.1, 0.15) is 0 Å². The van der Waals surface area contributed by atoms with Gasteiger partial charge < -0.3 is 0 Å². The summed E-state index contributed by atoms with van der Waals surface area (Å²) >= 11 is 7.44. The van der Waals surface area contributed by atoms with Crippen LogP contribution in [0.4, 0.5) is 0 Å². The van der Waals surface area contributed by atoms with E-state index in [9.17, 15) is 0 Å². The molecule has 4 rings (SSSR count). The van der Waals surface area contributed by atoms with Crippen molar-refractivity contribution in [2.24, 2.45) is 0 Å². The van der Waals surface area contributed by atoms with E-state index in [0.717, 1.165) is 0 Å². The Kier molecular flexibility index (Phi) is 2.62. The minimum absolute atomic E-state index is 1.38. The molecule has 0 saturated carbocycles. The zero-order chi connectivity index (χ0) is 11.9. The Morgan fingerprint density at radius 3 is 1.61 bits per heavy atom. The van der Waals surface area contributed by atoms with Gasteiger partial charge in [0.25, 0.3) is 0 Å². The summed E-state index contributed by atoms with van der Waals surface area (Å²) in [6.45, 7) is 0. The maximum atomic E-state index is 2.32. The van der Waals surface area contributed by atoms with Gasteiger partial charge in [0, 0.05) is 24.9 Å². The van der Waals surface area contributed by atoms with Gasteiger partial charge in [0.15, 0.2) is 0 Å². The summed E-state index contributed by atoms with van der Waals surface area (Å²) in [5.41, 5.74) is 0. The number of hydrogen-bond donors (Lipinski definition) is 0. The normalized spacial score (nSPS) is 11.3. The highest BCUT2D eigenvalue weighted by Crippen LogP contribution is 2.43. The summed E-state index contributed by atoms with van der Waals surface area (Å²) in [5.74, 6) is 0. The molecule has 0 saturated heterocycles. The summed E-state index contributed by atoms with van der Waals surface area (Å²) in [4.78, 5) is 5.54. The highest BCUT2D eigenvalue weighted by atomic mass is 32.2. The molecule has 0 fully saturated rings. The Morgan fingerprint density at radius 1 is 0.667 bits per heavy atom. The molecule has 0 aliphatic heterocycles. The number of hydrogen-bond acceptors (Lipinski definition) is 4. The highest BCUT2D eigenvalue weighted by molar-refractivity contribution is 7.42. The molecule has 4 aromatic heterocycles. The number of rotatable bonds is 2. The quantitative estimate of drug-likeness (QED) is 0.401. The van der Waals surface area contributed by atoms with E-state index in [0.29, 0.717) is 0 Å². The third kappa shape index (κ3) is 1.77. The molecule has 18 heavy (non-hydrogen) atoms. The zero-order valence-corrected chi connectivity index (χ0v) is 12.5. The van der Waals surface area contributed by atoms with Gasteiger partial charge in [-0.2, -0.15) is 0 Å². The molecular formula is C14H8S4. The lowest BCUT2D eigenvalue weighted by Gasteiger charge is -1.89. The maximum Gasteiger partial charge on any atom is 0.0878 e. The smallest absolute Gasteiger partial charge is 0.0878 e. The molecule has 0 N–H and O–H groups in total. The summed E-state index contributed by atoms with van der Waals surface area (Å²) in [7, 11) is 0. The Hall–Kier alpha value is -0.940. The van der Waals surface area contributed by atoms with Crippen LogP contribution in [0.3, 0.4) is 0 Å². The summed E-state index contributed by atoms with van der Waals surface area (Å²) in [6.07, 6.45) is 0. The fraction of sp³-hybridized carbons (Fsp3) is 0. The van der Waals surface area contributed by atoms with Crippen molar-refractivity contribution in [2.75, 3.05) is 0 Å². The van der Waals surface area contributed by atoms with E-state index in [2.05, 4.69) is 47.2 Å². The van der Waals surface area contributed by atoms with Crippen LogP contribution in [0.5, 0.6) is 0 Å². The highest BCUT2D eigenvalue weighted by Gasteiger charge is 2.10. The Labute approximate surface area is 121 Å². The van der Waals surface area contributed by atoms with Gasteiger partial charge >= 0.3 is 0 Å². The lowest BCUT2D eigenvalue weighted by Crippen LogP contribution is -1.59. The van der Waals surface area contributed by atoms with Gasteiger partial charge in [-0.3, -0.25) is 0 Å². The zero-order valence-electron chi connectivity index (χ0n) is 9.25. The molecule has 88 valence electrons. The summed E-state index contributed by atoms with van der Waals surface area (Å²) < 4.78 is 1.43. The molecule has 0 unspecified atom stereocenters. The second-order valence-corrected chi connectivity index (χ2v) is 8.18. The third-order valence-corrected chi connectivity index (χ3v) is 7.26. The van der Waals surface area contributed by atoms with Crippen LogP contribution in [0, 0.1) is 0 Å². The van der Waals surface area contributed by atoms with Gasteiger partial charge in [-0.25, -0.2) is 0 Å². The van der Waals surface area contributed by atoms with Gasteiger partial charge in [0.05, 0.1) is 4.01 Å². The molecule has 0 bridgehead atoms.